The minimum absolute atomic E-state index is 0.243. The predicted molar refractivity (Wildman–Crippen MR) is 242 cm³/mol. The van der Waals surface area contributed by atoms with Crippen LogP contribution in [-0.4, -0.2) is 96.8 Å². The lowest BCUT2D eigenvalue weighted by Crippen LogP contribution is -2.64. The third-order valence-corrected chi connectivity index (χ3v) is 13.4. The fourth-order valence-electron chi connectivity index (χ4n) is 8.32. The van der Waals surface area contributed by atoms with Crippen molar-refractivity contribution in [3.05, 3.63) is 0 Å². The number of rotatable bonds is 42. The standard InChI is InChI=1S/C47H94NO11P/c1-3-5-7-9-11-13-15-17-19-21-22-24-26-28-30-32-34-36-40(49)39(38-58-60(56,57)59-47-45(54)43(52)42(51)44(53)46(47)55)48-41(50)37-35-33-31-29-27-25-23-20-18-16-14-12-10-8-6-4-2/h39-40,42-47,49,51-55H,3-38H2,1-2H3,(H,48,50)(H,56,57)/t39-,40+,42?,43+,44?,45?,46?,47?/m0/s1. The van der Waals surface area contributed by atoms with Crippen molar-refractivity contribution in [1.29, 1.82) is 0 Å². The molecule has 12 nitrogen and oxygen atoms in total. The molecule has 0 aromatic rings. The average molecular weight is 880 g/mol. The molecule has 0 aromatic carbocycles. The zero-order valence-electron chi connectivity index (χ0n) is 38.3. The van der Waals surface area contributed by atoms with Gasteiger partial charge in [0, 0.05) is 6.42 Å². The molecule has 8 N–H and O–H groups in total. The summed E-state index contributed by atoms with van der Waals surface area (Å²) in [5.74, 6) is -0.303. The molecule has 0 heterocycles. The molecule has 1 saturated carbocycles. The number of nitrogens with one attached hydrogen (secondary N) is 1. The van der Waals surface area contributed by atoms with Gasteiger partial charge in [-0.25, -0.2) is 4.57 Å². The van der Waals surface area contributed by atoms with Crippen molar-refractivity contribution in [2.24, 2.45) is 0 Å². The molecule has 358 valence electrons. The van der Waals surface area contributed by atoms with Gasteiger partial charge in [-0.2, -0.15) is 0 Å². The fraction of sp³-hybridized carbons (Fsp3) is 0.979. The highest BCUT2D eigenvalue weighted by Crippen LogP contribution is 2.47. The molecule has 0 radical (unpaired) electrons. The molecule has 1 aliphatic carbocycles. The van der Waals surface area contributed by atoms with Crippen LogP contribution in [0.1, 0.15) is 239 Å². The number of carbonyl (C=O) groups excluding carboxylic acids is 1. The van der Waals surface area contributed by atoms with E-state index in [1.54, 1.807) is 0 Å². The minimum Gasteiger partial charge on any atom is -0.391 e. The number of phosphoric acid groups is 1. The lowest BCUT2D eigenvalue weighted by atomic mass is 9.85. The van der Waals surface area contributed by atoms with Gasteiger partial charge in [-0.1, -0.05) is 219 Å². The van der Waals surface area contributed by atoms with Crippen LogP contribution in [0.4, 0.5) is 0 Å². The molecule has 0 aromatic heterocycles. The first-order valence-electron chi connectivity index (χ1n) is 25.0. The fourth-order valence-corrected chi connectivity index (χ4v) is 9.29. The molecule has 0 aliphatic heterocycles. The summed E-state index contributed by atoms with van der Waals surface area (Å²) in [6.07, 6.45) is 28.4. The van der Waals surface area contributed by atoms with Crippen LogP contribution in [0.5, 0.6) is 0 Å². The third-order valence-electron chi connectivity index (χ3n) is 12.4. The zero-order chi connectivity index (χ0) is 44.3. The maximum absolute atomic E-state index is 13.0. The summed E-state index contributed by atoms with van der Waals surface area (Å²) in [6, 6.07) is -1.03. The number of hydrogen-bond donors (Lipinski definition) is 8. The maximum Gasteiger partial charge on any atom is 0.472 e. The summed E-state index contributed by atoms with van der Waals surface area (Å²) < 4.78 is 23.0. The van der Waals surface area contributed by atoms with Gasteiger partial charge in [0.05, 0.1) is 18.8 Å². The molecular formula is C47H94NO11P. The van der Waals surface area contributed by atoms with Gasteiger partial charge in [0.15, 0.2) is 0 Å². The van der Waals surface area contributed by atoms with E-state index in [4.69, 9.17) is 9.05 Å². The number of amides is 1. The Morgan fingerprint density at radius 3 is 1.15 bits per heavy atom. The highest BCUT2D eigenvalue weighted by atomic mass is 31.2. The van der Waals surface area contributed by atoms with Gasteiger partial charge < -0.3 is 40.8 Å². The molecule has 0 spiro atoms. The Balaban J connectivity index is 2.42. The smallest absolute Gasteiger partial charge is 0.391 e. The summed E-state index contributed by atoms with van der Waals surface area (Å²) in [5, 5.41) is 64.2. The molecule has 0 saturated heterocycles. The van der Waals surface area contributed by atoms with Crippen LogP contribution in [0.15, 0.2) is 0 Å². The van der Waals surface area contributed by atoms with Crippen LogP contribution in [0.2, 0.25) is 0 Å². The lowest BCUT2D eigenvalue weighted by molar-refractivity contribution is -0.220. The highest BCUT2D eigenvalue weighted by Gasteiger charge is 2.51. The summed E-state index contributed by atoms with van der Waals surface area (Å²) in [6.45, 7) is 3.92. The Kier molecular flexibility index (Phi) is 36.0. The molecule has 1 amide bonds. The number of carbonyl (C=O) groups is 1. The third kappa shape index (κ3) is 28.9. The van der Waals surface area contributed by atoms with Crippen LogP contribution < -0.4 is 5.32 Å². The molecule has 1 rings (SSSR count). The van der Waals surface area contributed by atoms with Crippen molar-refractivity contribution in [2.45, 2.75) is 287 Å². The normalized spacial score (nSPS) is 22.8. The van der Waals surface area contributed by atoms with Gasteiger partial charge >= 0.3 is 7.82 Å². The maximum atomic E-state index is 13.0. The van der Waals surface area contributed by atoms with E-state index in [0.717, 1.165) is 38.5 Å². The topological polar surface area (TPSA) is 206 Å². The van der Waals surface area contributed by atoms with Crippen molar-refractivity contribution in [3.8, 4) is 0 Å². The monoisotopic (exact) mass is 880 g/mol. The second-order valence-corrected chi connectivity index (χ2v) is 19.4. The minimum atomic E-state index is -5.05. The number of phosphoric ester groups is 1. The van der Waals surface area contributed by atoms with E-state index in [2.05, 4.69) is 19.2 Å². The SMILES string of the molecule is CCCCCCCCCCCCCCCCCCC[C@@H](O)[C@H](COP(=O)(O)OC1C(O)C(O)C(O)[C@@H](O)C1O)NC(=O)CCCCCCCCCCCCCCCCCC. The Morgan fingerprint density at radius 2 is 0.800 bits per heavy atom. The van der Waals surface area contributed by atoms with Crippen molar-refractivity contribution < 1.29 is 53.9 Å². The van der Waals surface area contributed by atoms with Crippen LogP contribution >= 0.6 is 7.82 Å². The number of unbranched alkanes of at least 4 members (excludes halogenated alkanes) is 31. The van der Waals surface area contributed by atoms with E-state index >= 15 is 0 Å². The average Bonchev–Trinajstić information content (AvgIpc) is 3.23. The predicted octanol–water partition coefficient (Wildman–Crippen LogP) is 9.85. The molecular weight excluding hydrogens is 785 g/mol. The van der Waals surface area contributed by atoms with Gasteiger partial charge in [0.1, 0.15) is 36.6 Å². The van der Waals surface area contributed by atoms with Crippen molar-refractivity contribution in [2.75, 3.05) is 6.61 Å². The Bertz CT molecular complexity index is 1030. The summed E-state index contributed by atoms with van der Waals surface area (Å²) in [5.41, 5.74) is 0. The Labute approximate surface area is 366 Å². The van der Waals surface area contributed by atoms with Gasteiger partial charge in [-0.15, -0.1) is 0 Å². The van der Waals surface area contributed by atoms with Crippen LogP contribution in [0.3, 0.4) is 0 Å². The molecule has 13 heteroatoms. The Hall–Kier alpha value is -0.660. The van der Waals surface area contributed by atoms with Gasteiger partial charge in [-0.05, 0) is 12.8 Å². The first kappa shape index (κ1) is 57.4. The van der Waals surface area contributed by atoms with E-state index in [9.17, 15) is 44.9 Å². The van der Waals surface area contributed by atoms with E-state index in [0.29, 0.717) is 19.3 Å². The molecule has 60 heavy (non-hydrogen) atoms. The van der Waals surface area contributed by atoms with Crippen LogP contribution in [0.25, 0.3) is 0 Å². The zero-order valence-corrected chi connectivity index (χ0v) is 39.2. The van der Waals surface area contributed by atoms with E-state index < -0.39 is 63.2 Å². The van der Waals surface area contributed by atoms with Crippen molar-refractivity contribution >= 4 is 13.7 Å². The Morgan fingerprint density at radius 1 is 0.500 bits per heavy atom. The lowest BCUT2D eigenvalue weighted by Gasteiger charge is -2.41. The summed E-state index contributed by atoms with van der Waals surface area (Å²) in [7, 11) is -5.05. The number of aliphatic hydroxyl groups is 6. The first-order chi connectivity index (χ1) is 28.9. The second kappa shape index (κ2) is 37.7. The van der Waals surface area contributed by atoms with Gasteiger partial charge in [-0.3, -0.25) is 13.8 Å². The molecule has 6 unspecified atom stereocenters. The van der Waals surface area contributed by atoms with Crippen molar-refractivity contribution in [3.63, 3.8) is 0 Å². The molecule has 0 bridgehead atoms. The van der Waals surface area contributed by atoms with E-state index in [1.807, 2.05) is 0 Å². The number of aliphatic hydroxyl groups excluding tert-OH is 6. The molecule has 9 atom stereocenters. The quantitative estimate of drug-likeness (QED) is 0.0214. The van der Waals surface area contributed by atoms with E-state index in [-0.39, 0.29) is 12.3 Å². The molecule has 1 aliphatic rings. The first-order valence-corrected chi connectivity index (χ1v) is 26.5. The van der Waals surface area contributed by atoms with Crippen molar-refractivity contribution in [1.82, 2.24) is 5.32 Å². The summed E-state index contributed by atoms with van der Waals surface area (Å²) in [4.78, 5) is 23.4. The largest absolute Gasteiger partial charge is 0.472 e. The van der Waals surface area contributed by atoms with E-state index in [1.165, 1.54) is 161 Å². The number of hydrogen-bond acceptors (Lipinski definition) is 10. The van der Waals surface area contributed by atoms with Crippen LogP contribution in [-0.2, 0) is 18.4 Å². The highest BCUT2D eigenvalue weighted by molar-refractivity contribution is 7.47. The van der Waals surface area contributed by atoms with Crippen LogP contribution in [0, 0.1) is 0 Å². The van der Waals surface area contributed by atoms with Gasteiger partial charge in [0.25, 0.3) is 0 Å². The molecule has 1 fully saturated rings. The second-order valence-electron chi connectivity index (χ2n) is 18.0. The van der Waals surface area contributed by atoms with Gasteiger partial charge in [0.2, 0.25) is 5.91 Å². The summed E-state index contributed by atoms with van der Waals surface area (Å²) >= 11 is 0.